The lowest BCUT2D eigenvalue weighted by Crippen LogP contribution is -2.31. The SMILES string of the molecule is CCCCN(Cc1ccccc1)C(=O)c1ccc(N=Nc2c(O)[nH]c3c(C)cc(C)cc23)cc1. The van der Waals surface area contributed by atoms with E-state index >= 15 is 0 Å². The number of nitrogens with one attached hydrogen (secondary N) is 1. The van der Waals surface area contributed by atoms with Crippen LogP contribution in [0.3, 0.4) is 0 Å². The minimum atomic E-state index is -0.00766. The molecule has 0 fully saturated rings. The van der Waals surface area contributed by atoms with Gasteiger partial charge in [0, 0.05) is 24.0 Å². The summed E-state index contributed by atoms with van der Waals surface area (Å²) in [5.41, 5.74) is 5.73. The summed E-state index contributed by atoms with van der Waals surface area (Å²) in [6, 6.07) is 21.2. The van der Waals surface area contributed by atoms with Gasteiger partial charge in [-0.3, -0.25) is 4.79 Å². The third-order valence-corrected chi connectivity index (χ3v) is 5.87. The van der Waals surface area contributed by atoms with Gasteiger partial charge in [0.2, 0.25) is 5.88 Å². The second kappa shape index (κ2) is 10.3. The standard InChI is InChI=1S/C28H30N4O2/c1-4-5-15-32(18-21-9-7-6-8-10-21)28(34)22-11-13-23(14-12-22)30-31-26-24-17-19(2)16-20(3)25(24)29-27(26)33/h6-14,16-17,29,33H,4-5,15,18H2,1-3H3. The molecule has 0 saturated carbocycles. The van der Waals surface area contributed by atoms with E-state index in [9.17, 15) is 9.90 Å². The number of carbonyl (C=O) groups excluding carboxylic acids is 1. The van der Waals surface area contributed by atoms with E-state index in [0.717, 1.165) is 40.4 Å². The average molecular weight is 455 g/mol. The molecule has 4 aromatic rings. The first-order valence-corrected chi connectivity index (χ1v) is 11.6. The maximum absolute atomic E-state index is 13.2. The van der Waals surface area contributed by atoms with Crippen molar-refractivity contribution in [2.45, 2.75) is 40.2 Å². The number of rotatable bonds is 8. The number of aromatic amines is 1. The number of aromatic nitrogens is 1. The normalized spacial score (nSPS) is 11.4. The zero-order valence-electron chi connectivity index (χ0n) is 19.9. The number of hydrogen-bond acceptors (Lipinski definition) is 4. The summed E-state index contributed by atoms with van der Waals surface area (Å²) in [4.78, 5) is 18.1. The Labute approximate surface area is 200 Å². The van der Waals surface area contributed by atoms with Gasteiger partial charge in [-0.05, 0) is 61.7 Å². The number of hydrogen-bond donors (Lipinski definition) is 2. The van der Waals surface area contributed by atoms with Crippen LogP contribution in [-0.4, -0.2) is 27.4 Å². The van der Waals surface area contributed by atoms with Gasteiger partial charge in [0.25, 0.3) is 5.91 Å². The molecule has 0 spiro atoms. The van der Waals surface area contributed by atoms with Crippen molar-refractivity contribution >= 4 is 28.2 Å². The van der Waals surface area contributed by atoms with Crippen molar-refractivity contribution in [3.05, 3.63) is 89.0 Å². The Kier molecular flexibility index (Phi) is 7.07. The Hall–Kier alpha value is -3.93. The highest BCUT2D eigenvalue weighted by atomic mass is 16.3. The molecule has 2 N–H and O–H groups in total. The van der Waals surface area contributed by atoms with Crippen LogP contribution in [0.1, 0.15) is 46.8 Å². The quantitative estimate of drug-likeness (QED) is 0.273. The maximum atomic E-state index is 13.2. The third kappa shape index (κ3) is 5.17. The molecule has 34 heavy (non-hydrogen) atoms. The van der Waals surface area contributed by atoms with Crippen LogP contribution in [0.15, 0.2) is 77.0 Å². The van der Waals surface area contributed by atoms with Gasteiger partial charge in [-0.2, -0.15) is 5.11 Å². The molecule has 6 heteroatoms. The van der Waals surface area contributed by atoms with E-state index in [1.165, 1.54) is 0 Å². The van der Waals surface area contributed by atoms with Gasteiger partial charge >= 0.3 is 0 Å². The number of carbonyl (C=O) groups is 1. The van der Waals surface area contributed by atoms with Crippen molar-refractivity contribution < 1.29 is 9.90 Å². The van der Waals surface area contributed by atoms with Gasteiger partial charge in [0.05, 0.1) is 11.2 Å². The number of unbranched alkanes of at least 4 members (excludes halogenated alkanes) is 1. The fraction of sp³-hybridized carbons (Fsp3) is 0.250. The first kappa shape index (κ1) is 23.2. The third-order valence-electron chi connectivity index (χ3n) is 5.87. The van der Waals surface area contributed by atoms with E-state index in [0.29, 0.717) is 30.0 Å². The van der Waals surface area contributed by atoms with E-state index in [1.807, 2.05) is 55.1 Å². The molecule has 0 radical (unpaired) electrons. The number of nitrogens with zero attached hydrogens (tertiary/aromatic N) is 3. The summed E-state index contributed by atoms with van der Waals surface area (Å²) in [5, 5.41) is 19.8. The van der Waals surface area contributed by atoms with E-state index in [-0.39, 0.29) is 11.8 Å². The first-order chi connectivity index (χ1) is 16.5. The van der Waals surface area contributed by atoms with Crippen LogP contribution in [0, 0.1) is 13.8 Å². The van der Waals surface area contributed by atoms with Gasteiger partial charge in [-0.15, -0.1) is 5.11 Å². The van der Waals surface area contributed by atoms with Gasteiger partial charge in [0.15, 0.2) is 5.69 Å². The van der Waals surface area contributed by atoms with Crippen LogP contribution in [0.2, 0.25) is 0 Å². The van der Waals surface area contributed by atoms with Crippen LogP contribution < -0.4 is 0 Å². The van der Waals surface area contributed by atoms with Crippen LogP contribution in [0.4, 0.5) is 11.4 Å². The summed E-state index contributed by atoms with van der Waals surface area (Å²) in [5.74, 6) is -0.00672. The van der Waals surface area contributed by atoms with Crippen LogP contribution in [0.25, 0.3) is 10.9 Å². The second-order valence-corrected chi connectivity index (χ2v) is 8.64. The van der Waals surface area contributed by atoms with E-state index in [4.69, 9.17) is 0 Å². The second-order valence-electron chi connectivity index (χ2n) is 8.64. The molecule has 0 saturated heterocycles. The highest BCUT2D eigenvalue weighted by Crippen LogP contribution is 2.38. The molecular formula is C28H30N4O2. The Bertz CT molecular complexity index is 1310. The first-order valence-electron chi connectivity index (χ1n) is 11.6. The Balaban J connectivity index is 1.53. The summed E-state index contributed by atoms with van der Waals surface area (Å²) < 4.78 is 0. The fourth-order valence-electron chi connectivity index (χ4n) is 4.09. The van der Waals surface area contributed by atoms with Crippen molar-refractivity contribution in [2.75, 3.05) is 6.54 Å². The largest absolute Gasteiger partial charge is 0.493 e. The van der Waals surface area contributed by atoms with Crippen LogP contribution in [0.5, 0.6) is 5.88 Å². The Morgan fingerprint density at radius 1 is 1.00 bits per heavy atom. The molecule has 0 bridgehead atoms. The predicted molar refractivity (Wildman–Crippen MR) is 136 cm³/mol. The molecule has 174 valence electrons. The predicted octanol–water partition coefficient (Wildman–Crippen LogP) is 7.35. The Morgan fingerprint density at radius 2 is 1.74 bits per heavy atom. The highest BCUT2D eigenvalue weighted by molar-refractivity contribution is 5.96. The molecule has 0 unspecified atom stereocenters. The number of benzene rings is 3. The number of amides is 1. The molecule has 6 nitrogen and oxygen atoms in total. The molecular weight excluding hydrogens is 424 g/mol. The zero-order chi connectivity index (χ0) is 24.1. The van der Waals surface area contributed by atoms with Gasteiger partial charge < -0.3 is 15.0 Å². The molecule has 1 aromatic heterocycles. The van der Waals surface area contributed by atoms with E-state index in [1.54, 1.807) is 24.3 Å². The van der Waals surface area contributed by atoms with E-state index < -0.39 is 0 Å². The van der Waals surface area contributed by atoms with Crippen molar-refractivity contribution in [3.63, 3.8) is 0 Å². The van der Waals surface area contributed by atoms with E-state index in [2.05, 4.69) is 28.2 Å². The van der Waals surface area contributed by atoms with Crippen molar-refractivity contribution in [1.82, 2.24) is 9.88 Å². The smallest absolute Gasteiger partial charge is 0.254 e. The summed E-state index contributed by atoms with van der Waals surface area (Å²) in [6.07, 6.45) is 1.98. The van der Waals surface area contributed by atoms with Gasteiger partial charge in [-0.25, -0.2) is 0 Å². The maximum Gasteiger partial charge on any atom is 0.254 e. The highest BCUT2D eigenvalue weighted by Gasteiger charge is 2.16. The minimum absolute atomic E-state index is 0.000940. The molecule has 3 aromatic carbocycles. The number of azo groups is 1. The van der Waals surface area contributed by atoms with Crippen molar-refractivity contribution in [3.8, 4) is 5.88 Å². The lowest BCUT2D eigenvalue weighted by atomic mass is 10.1. The monoisotopic (exact) mass is 454 g/mol. The number of fused-ring (bicyclic) bond motifs is 1. The Morgan fingerprint density at radius 3 is 2.44 bits per heavy atom. The van der Waals surface area contributed by atoms with Crippen molar-refractivity contribution in [2.24, 2.45) is 10.2 Å². The molecule has 1 amide bonds. The molecule has 0 atom stereocenters. The van der Waals surface area contributed by atoms with Crippen LogP contribution in [-0.2, 0) is 6.54 Å². The van der Waals surface area contributed by atoms with Gasteiger partial charge in [0.1, 0.15) is 0 Å². The number of aromatic hydroxyl groups is 1. The number of aryl methyl sites for hydroxylation is 2. The molecule has 4 rings (SSSR count). The summed E-state index contributed by atoms with van der Waals surface area (Å²) >= 11 is 0. The molecule has 0 aliphatic rings. The number of H-pyrrole nitrogens is 1. The molecule has 0 aliphatic carbocycles. The zero-order valence-corrected chi connectivity index (χ0v) is 19.9. The van der Waals surface area contributed by atoms with Gasteiger partial charge in [-0.1, -0.05) is 55.3 Å². The summed E-state index contributed by atoms with van der Waals surface area (Å²) in [7, 11) is 0. The lowest BCUT2D eigenvalue weighted by molar-refractivity contribution is 0.0741. The molecule has 1 heterocycles. The minimum Gasteiger partial charge on any atom is -0.493 e. The summed E-state index contributed by atoms with van der Waals surface area (Å²) in [6.45, 7) is 7.42. The fourth-order valence-corrected chi connectivity index (χ4v) is 4.09. The topological polar surface area (TPSA) is 81.1 Å². The van der Waals surface area contributed by atoms with Crippen LogP contribution >= 0.6 is 0 Å². The average Bonchev–Trinajstić information content (AvgIpc) is 3.16. The molecule has 0 aliphatic heterocycles. The lowest BCUT2D eigenvalue weighted by Gasteiger charge is -2.23. The van der Waals surface area contributed by atoms with Crippen molar-refractivity contribution in [1.29, 1.82) is 0 Å².